The van der Waals surface area contributed by atoms with Gasteiger partial charge in [0.25, 0.3) is 11.8 Å². The second-order valence-corrected chi connectivity index (χ2v) is 12.7. The van der Waals surface area contributed by atoms with Crippen molar-refractivity contribution in [2.75, 3.05) is 44.3 Å². The molecule has 0 unspecified atom stereocenters. The van der Waals surface area contributed by atoms with Gasteiger partial charge < -0.3 is 30.3 Å². The number of carbonyl (C=O) groups excluding carboxylic acids is 2. The molecule has 2 aromatic heterocycles. The Labute approximate surface area is 248 Å². The van der Waals surface area contributed by atoms with Crippen LogP contribution >= 0.6 is 11.3 Å². The lowest BCUT2D eigenvalue weighted by atomic mass is 9.87. The van der Waals surface area contributed by atoms with Crippen molar-refractivity contribution in [1.29, 1.82) is 0 Å². The van der Waals surface area contributed by atoms with E-state index in [2.05, 4.69) is 40.4 Å². The molecule has 2 fully saturated rings. The molecule has 1 aromatic carbocycles. The molecule has 5 heterocycles. The van der Waals surface area contributed by atoms with E-state index in [1.165, 1.54) is 0 Å². The summed E-state index contributed by atoms with van der Waals surface area (Å²) < 4.78 is 5.61. The normalized spacial score (nSPS) is 18.8. The van der Waals surface area contributed by atoms with E-state index in [1.807, 2.05) is 30.3 Å². The van der Waals surface area contributed by atoms with Crippen molar-refractivity contribution in [3.05, 3.63) is 58.6 Å². The molecule has 10 nitrogen and oxygen atoms in total. The zero-order valence-corrected chi connectivity index (χ0v) is 24.6. The second kappa shape index (κ2) is 11.4. The average Bonchev–Trinajstić information content (AvgIpc) is 3.36. The molecule has 0 aliphatic carbocycles. The van der Waals surface area contributed by atoms with Gasteiger partial charge in [-0.1, -0.05) is 12.1 Å². The number of ether oxygens (including phenoxy) is 1. The van der Waals surface area contributed by atoms with E-state index in [0.29, 0.717) is 44.7 Å². The van der Waals surface area contributed by atoms with Gasteiger partial charge in [-0.05, 0) is 68.5 Å². The van der Waals surface area contributed by atoms with Gasteiger partial charge in [0.1, 0.15) is 5.00 Å². The van der Waals surface area contributed by atoms with Gasteiger partial charge in [0, 0.05) is 60.6 Å². The Bertz CT molecular complexity index is 1520. The first-order valence-corrected chi connectivity index (χ1v) is 15.2. The number of piperidine rings is 1. The minimum absolute atomic E-state index is 0.0322. The molecule has 3 aliphatic heterocycles. The van der Waals surface area contributed by atoms with Crippen LogP contribution in [-0.4, -0.2) is 83.9 Å². The Morgan fingerprint density at radius 1 is 1.10 bits per heavy atom. The van der Waals surface area contributed by atoms with Crippen LogP contribution in [-0.2, 0) is 11.2 Å². The van der Waals surface area contributed by atoms with Gasteiger partial charge in [0.15, 0.2) is 0 Å². The number of carboxylic acid groups (broad SMARTS) is 1. The highest BCUT2D eigenvalue weighted by atomic mass is 32.1. The molecule has 0 atom stereocenters. The number of pyridine rings is 1. The summed E-state index contributed by atoms with van der Waals surface area (Å²) in [6.45, 7) is 7.93. The van der Waals surface area contributed by atoms with Crippen molar-refractivity contribution in [1.82, 2.24) is 20.5 Å². The van der Waals surface area contributed by atoms with Crippen LogP contribution in [0.15, 0.2) is 42.6 Å². The molecule has 0 bridgehead atoms. The average molecular weight is 590 g/mol. The number of rotatable bonds is 5. The number of nitrogens with zero attached hydrogens (tertiary/aromatic N) is 3. The SMILES string of the molecule is CC1(C)Cc2c(sc(N3CCOCC3)c2-c2ccnc(-c3cccc(C(=O)N4CCC(NC(=O)O)CC4)c3)c2)C(=O)N1. The fourth-order valence-corrected chi connectivity index (χ4v) is 7.37. The highest BCUT2D eigenvalue weighted by molar-refractivity contribution is 7.19. The zero-order chi connectivity index (χ0) is 29.4. The van der Waals surface area contributed by atoms with Crippen LogP contribution in [0.5, 0.6) is 0 Å². The standard InChI is InChI=1S/C31H35N5O5S/c1-31(2)18-23-25(29(36-12-14-41-15-13-36)42-26(23)27(37)34-31)20-6-9-32-24(17-20)19-4-3-5-21(16-19)28(38)35-10-7-22(8-11-35)33-30(39)40/h3-6,9,16-17,22,33H,7-8,10-15,18H2,1-2H3,(H,34,37)(H,39,40). The van der Waals surface area contributed by atoms with E-state index in [-0.39, 0.29) is 23.4 Å². The number of likely N-dealkylation sites (tertiary alicyclic amines) is 1. The van der Waals surface area contributed by atoms with Gasteiger partial charge in [0.05, 0.1) is 23.8 Å². The highest BCUT2D eigenvalue weighted by Crippen LogP contribution is 2.46. The topological polar surface area (TPSA) is 124 Å². The largest absolute Gasteiger partial charge is 0.465 e. The van der Waals surface area contributed by atoms with Crippen LogP contribution in [0.2, 0.25) is 0 Å². The maximum Gasteiger partial charge on any atom is 0.404 e. The van der Waals surface area contributed by atoms with Crippen LogP contribution in [0.4, 0.5) is 9.80 Å². The molecule has 3 aliphatic rings. The molecule has 220 valence electrons. The number of carbonyl (C=O) groups is 3. The minimum Gasteiger partial charge on any atom is -0.465 e. The third kappa shape index (κ3) is 5.71. The van der Waals surface area contributed by atoms with Gasteiger partial charge in [-0.3, -0.25) is 14.6 Å². The van der Waals surface area contributed by atoms with Gasteiger partial charge in [0.2, 0.25) is 0 Å². The summed E-state index contributed by atoms with van der Waals surface area (Å²) in [6.07, 6.45) is 2.67. The third-order valence-corrected chi connectivity index (χ3v) is 9.42. The van der Waals surface area contributed by atoms with Crippen molar-refractivity contribution >= 4 is 34.2 Å². The van der Waals surface area contributed by atoms with Crippen LogP contribution in [0.3, 0.4) is 0 Å². The maximum absolute atomic E-state index is 13.4. The monoisotopic (exact) mass is 589 g/mol. The van der Waals surface area contributed by atoms with Gasteiger partial charge in [-0.15, -0.1) is 11.3 Å². The van der Waals surface area contributed by atoms with E-state index in [4.69, 9.17) is 9.84 Å². The van der Waals surface area contributed by atoms with Crippen LogP contribution in [0.25, 0.3) is 22.4 Å². The van der Waals surface area contributed by atoms with Crippen molar-refractivity contribution < 1.29 is 24.2 Å². The van der Waals surface area contributed by atoms with E-state index in [0.717, 1.165) is 57.3 Å². The Morgan fingerprint density at radius 3 is 2.60 bits per heavy atom. The van der Waals surface area contributed by atoms with Crippen molar-refractivity contribution in [3.8, 4) is 22.4 Å². The zero-order valence-electron chi connectivity index (χ0n) is 23.8. The molecule has 0 spiro atoms. The Kier molecular flexibility index (Phi) is 7.63. The fourth-order valence-electron chi connectivity index (χ4n) is 6.08. The lowest BCUT2D eigenvalue weighted by molar-refractivity contribution is 0.0705. The summed E-state index contributed by atoms with van der Waals surface area (Å²) in [5.74, 6) is -0.105. The third-order valence-electron chi connectivity index (χ3n) is 8.13. The van der Waals surface area contributed by atoms with Crippen molar-refractivity contribution in [3.63, 3.8) is 0 Å². The number of fused-ring (bicyclic) bond motifs is 1. The molecule has 11 heteroatoms. The minimum atomic E-state index is -1.03. The van der Waals surface area contributed by atoms with Crippen LogP contribution < -0.4 is 15.5 Å². The van der Waals surface area contributed by atoms with E-state index in [1.54, 1.807) is 22.4 Å². The Hall–Kier alpha value is -3.96. The number of morpholine rings is 1. The molecule has 3 amide bonds. The molecule has 0 radical (unpaired) electrons. The summed E-state index contributed by atoms with van der Waals surface area (Å²) in [5.41, 5.74) is 4.94. The smallest absolute Gasteiger partial charge is 0.404 e. The quantitative estimate of drug-likeness (QED) is 0.407. The highest BCUT2D eigenvalue weighted by Gasteiger charge is 2.36. The predicted octanol–water partition coefficient (Wildman–Crippen LogP) is 4.25. The van der Waals surface area contributed by atoms with E-state index >= 15 is 0 Å². The molecule has 2 saturated heterocycles. The lowest BCUT2D eigenvalue weighted by Gasteiger charge is -2.32. The molecule has 6 rings (SSSR count). The summed E-state index contributed by atoms with van der Waals surface area (Å²) in [5, 5.41) is 15.7. The fraction of sp³-hybridized carbons (Fsp3) is 0.419. The van der Waals surface area contributed by atoms with Crippen molar-refractivity contribution in [2.45, 2.75) is 44.7 Å². The summed E-state index contributed by atoms with van der Waals surface area (Å²) in [4.78, 5) is 47.0. The lowest BCUT2D eigenvalue weighted by Crippen LogP contribution is -2.48. The first kappa shape index (κ1) is 28.2. The molecular weight excluding hydrogens is 554 g/mol. The van der Waals surface area contributed by atoms with Crippen molar-refractivity contribution in [2.24, 2.45) is 0 Å². The van der Waals surface area contributed by atoms with Gasteiger partial charge in [-0.25, -0.2) is 4.79 Å². The van der Waals surface area contributed by atoms with Crippen LogP contribution in [0.1, 0.15) is 52.3 Å². The summed E-state index contributed by atoms with van der Waals surface area (Å²) >= 11 is 1.55. The number of aromatic nitrogens is 1. The molecule has 42 heavy (non-hydrogen) atoms. The number of amides is 3. The predicted molar refractivity (Wildman–Crippen MR) is 161 cm³/mol. The number of thiophene rings is 1. The number of hydrogen-bond donors (Lipinski definition) is 3. The Morgan fingerprint density at radius 2 is 1.86 bits per heavy atom. The number of nitrogens with one attached hydrogen (secondary N) is 2. The maximum atomic E-state index is 13.4. The summed E-state index contributed by atoms with van der Waals surface area (Å²) in [6, 6.07) is 11.4. The first-order chi connectivity index (χ1) is 20.2. The number of anilines is 1. The van der Waals surface area contributed by atoms with Gasteiger partial charge >= 0.3 is 6.09 Å². The molecule has 3 aromatic rings. The molecular formula is C31H35N5O5S. The molecule has 3 N–H and O–H groups in total. The number of benzene rings is 1. The molecule has 0 saturated carbocycles. The van der Waals surface area contributed by atoms with E-state index in [9.17, 15) is 14.4 Å². The first-order valence-electron chi connectivity index (χ1n) is 14.3. The summed E-state index contributed by atoms with van der Waals surface area (Å²) in [7, 11) is 0. The van der Waals surface area contributed by atoms with E-state index < -0.39 is 6.09 Å². The van der Waals surface area contributed by atoms with Crippen LogP contribution in [0, 0.1) is 0 Å². The van der Waals surface area contributed by atoms with Gasteiger partial charge in [-0.2, -0.15) is 0 Å². The Balaban J connectivity index is 1.31. The second-order valence-electron chi connectivity index (χ2n) is 11.7. The number of hydrogen-bond acceptors (Lipinski definition) is 7.